The van der Waals surface area contributed by atoms with Crippen LogP contribution in [-0.2, 0) is 9.84 Å². The molecule has 1 aromatic carbocycles. The van der Waals surface area contributed by atoms with Crippen molar-refractivity contribution < 1.29 is 8.42 Å². The Balaban J connectivity index is 1.58. The molecule has 0 unspecified atom stereocenters. The SMILES string of the molecule is CS(=O)(=O)CCN1CCC(Nc2cc3ccccc3c(Cl)n2)CC1. The number of aromatic nitrogens is 1. The first-order valence-electron chi connectivity index (χ1n) is 8.13. The van der Waals surface area contributed by atoms with Crippen molar-refractivity contribution in [3.8, 4) is 0 Å². The summed E-state index contributed by atoms with van der Waals surface area (Å²) in [6.07, 6.45) is 3.22. The Labute approximate surface area is 147 Å². The molecule has 0 radical (unpaired) electrons. The lowest BCUT2D eigenvalue weighted by Crippen LogP contribution is -2.41. The highest BCUT2D eigenvalue weighted by Gasteiger charge is 2.20. The van der Waals surface area contributed by atoms with Gasteiger partial charge in [0, 0.05) is 37.3 Å². The van der Waals surface area contributed by atoms with E-state index in [1.165, 1.54) is 6.26 Å². The summed E-state index contributed by atoms with van der Waals surface area (Å²) in [5.41, 5.74) is 0. The fourth-order valence-electron chi connectivity index (χ4n) is 3.04. The van der Waals surface area contributed by atoms with E-state index in [-0.39, 0.29) is 5.75 Å². The van der Waals surface area contributed by atoms with Gasteiger partial charge in [-0.2, -0.15) is 0 Å². The minimum Gasteiger partial charge on any atom is -0.367 e. The number of sulfone groups is 1. The summed E-state index contributed by atoms with van der Waals surface area (Å²) < 4.78 is 22.5. The summed E-state index contributed by atoms with van der Waals surface area (Å²) in [5, 5.41) is 6.01. The van der Waals surface area contributed by atoms with Crippen molar-refractivity contribution >= 4 is 38.0 Å². The van der Waals surface area contributed by atoms with Gasteiger partial charge >= 0.3 is 0 Å². The van der Waals surface area contributed by atoms with Crippen LogP contribution in [0.2, 0.25) is 5.15 Å². The number of hydrogen-bond donors (Lipinski definition) is 1. The molecule has 1 fully saturated rings. The fraction of sp³-hybridized carbons (Fsp3) is 0.471. The predicted molar refractivity (Wildman–Crippen MR) is 99.5 cm³/mol. The molecule has 0 aliphatic carbocycles. The highest BCUT2D eigenvalue weighted by molar-refractivity contribution is 7.90. The van der Waals surface area contributed by atoms with Crippen LogP contribution >= 0.6 is 11.6 Å². The highest BCUT2D eigenvalue weighted by Crippen LogP contribution is 2.25. The minimum atomic E-state index is -2.89. The van der Waals surface area contributed by atoms with E-state index < -0.39 is 9.84 Å². The lowest BCUT2D eigenvalue weighted by Gasteiger charge is -2.32. The molecule has 24 heavy (non-hydrogen) atoms. The maximum absolute atomic E-state index is 11.3. The molecule has 0 atom stereocenters. The average molecular weight is 368 g/mol. The maximum Gasteiger partial charge on any atom is 0.148 e. The number of nitrogens with zero attached hydrogens (tertiary/aromatic N) is 2. The second kappa shape index (κ2) is 7.25. The number of benzene rings is 1. The molecule has 0 saturated carbocycles. The minimum absolute atomic E-state index is 0.229. The molecule has 1 aromatic heterocycles. The van der Waals surface area contributed by atoms with Crippen LogP contribution in [0.15, 0.2) is 30.3 Å². The topological polar surface area (TPSA) is 62.3 Å². The quantitative estimate of drug-likeness (QED) is 0.823. The number of likely N-dealkylation sites (tertiary alicyclic amines) is 1. The Kier molecular flexibility index (Phi) is 5.27. The third-order valence-corrected chi connectivity index (χ3v) is 5.62. The highest BCUT2D eigenvalue weighted by atomic mass is 35.5. The fourth-order valence-corrected chi connectivity index (χ4v) is 3.89. The van der Waals surface area contributed by atoms with Gasteiger partial charge in [0.2, 0.25) is 0 Å². The zero-order valence-electron chi connectivity index (χ0n) is 13.7. The summed E-state index contributed by atoms with van der Waals surface area (Å²) in [5.74, 6) is 1.03. The van der Waals surface area contributed by atoms with Crippen LogP contribution in [0.1, 0.15) is 12.8 Å². The van der Waals surface area contributed by atoms with E-state index in [1.54, 1.807) is 0 Å². The largest absolute Gasteiger partial charge is 0.367 e. The number of rotatable bonds is 5. The van der Waals surface area contributed by atoms with E-state index >= 15 is 0 Å². The van der Waals surface area contributed by atoms with E-state index in [4.69, 9.17) is 11.6 Å². The van der Waals surface area contributed by atoms with Gasteiger partial charge in [0.15, 0.2) is 0 Å². The first kappa shape index (κ1) is 17.5. The molecule has 0 amide bonds. The van der Waals surface area contributed by atoms with Gasteiger partial charge in [0.1, 0.15) is 20.8 Å². The van der Waals surface area contributed by atoms with Gasteiger partial charge < -0.3 is 10.2 Å². The molecular weight excluding hydrogens is 346 g/mol. The van der Waals surface area contributed by atoms with Crippen molar-refractivity contribution in [3.05, 3.63) is 35.5 Å². The van der Waals surface area contributed by atoms with Crippen LogP contribution in [0.5, 0.6) is 0 Å². The third kappa shape index (κ3) is 4.59. The lowest BCUT2D eigenvalue weighted by atomic mass is 10.0. The van der Waals surface area contributed by atoms with Gasteiger partial charge in [-0.3, -0.25) is 0 Å². The van der Waals surface area contributed by atoms with Gasteiger partial charge in [0.05, 0.1) is 5.75 Å². The third-order valence-electron chi connectivity index (χ3n) is 4.41. The van der Waals surface area contributed by atoms with E-state index in [0.717, 1.165) is 42.5 Å². The molecule has 2 aromatic rings. The van der Waals surface area contributed by atoms with E-state index in [2.05, 4.69) is 15.2 Å². The molecule has 0 spiro atoms. The zero-order valence-corrected chi connectivity index (χ0v) is 15.3. The van der Waals surface area contributed by atoms with E-state index in [9.17, 15) is 8.42 Å². The smallest absolute Gasteiger partial charge is 0.148 e. The van der Waals surface area contributed by atoms with Gasteiger partial charge in [0.25, 0.3) is 0 Å². The van der Waals surface area contributed by atoms with Crippen LogP contribution in [0, 0.1) is 0 Å². The number of pyridine rings is 1. The molecule has 7 heteroatoms. The molecule has 2 heterocycles. The Morgan fingerprint density at radius 3 is 2.71 bits per heavy atom. The predicted octanol–water partition coefficient (Wildman–Crippen LogP) is 2.81. The molecule has 1 saturated heterocycles. The number of anilines is 1. The number of halogens is 1. The van der Waals surface area contributed by atoms with Crippen LogP contribution in [0.25, 0.3) is 10.8 Å². The molecule has 130 valence electrons. The summed E-state index contributed by atoms with van der Waals surface area (Å²) in [4.78, 5) is 6.65. The number of hydrogen-bond acceptors (Lipinski definition) is 5. The van der Waals surface area contributed by atoms with Crippen molar-refractivity contribution in [2.75, 3.05) is 37.0 Å². The molecule has 1 N–H and O–H groups in total. The van der Waals surface area contributed by atoms with Crippen molar-refractivity contribution in [1.82, 2.24) is 9.88 Å². The molecule has 3 rings (SSSR count). The number of nitrogens with one attached hydrogen (secondary N) is 1. The Hall–Kier alpha value is -1.37. The molecule has 1 aliphatic rings. The normalized spacial score (nSPS) is 17.2. The van der Waals surface area contributed by atoms with Gasteiger partial charge in [-0.05, 0) is 24.3 Å². The number of fused-ring (bicyclic) bond motifs is 1. The molecule has 0 bridgehead atoms. The first-order chi connectivity index (χ1) is 11.4. The van der Waals surface area contributed by atoms with Gasteiger partial charge in [-0.1, -0.05) is 35.9 Å². The molecule has 5 nitrogen and oxygen atoms in total. The Morgan fingerprint density at radius 2 is 2.00 bits per heavy atom. The summed E-state index contributed by atoms with van der Waals surface area (Å²) in [6, 6.07) is 10.3. The van der Waals surface area contributed by atoms with Crippen LogP contribution in [0.4, 0.5) is 5.82 Å². The molecular formula is C17H22ClN3O2S. The van der Waals surface area contributed by atoms with Crippen LogP contribution in [-0.4, -0.2) is 56.0 Å². The standard InChI is InChI=1S/C17H22ClN3O2S/c1-24(22,23)11-10-21-8-6-14(7-9-21)19-16-12-13-4-2-3-5-15(13)17(18)20-16/h2-5,12,14H,6-11H2,1H3,(H,19,20). The summed E-state index contributed by atoms with van der Waals surface area (Å²) in [6.45, 7) is 2.41. The monoisotopic (exact) mass is 367 g/mol. The average Bonchev–Trinajstić information content (AvgIpc) is 2.54. The lowest BCUT2D eigenvalue weighted by molar-refractivity contribution is 0.230. The van der Waals surface area contributed by atoms with Crippen molar-refractivity contribution in [3.63, 3.8) is 0 Å². The van der Waals surface area contributed by atoms with Crippen molar-refractivity contribution in [2.24, 2.45) is 0 Å². The van der Waals surface area contributed by atoms with Crippen molar-refractivity contribution in [2.45, 2.75) is 18.9 Å². The maximum atomic E-state index is 11.3. The molecule has 1 aliphatic heterocycles. The van der Waals surface area contributed by atoms with Crippen molar-refractivity contribution in [1.29, 1.82) is 0 Å². The second-order valence-corrected chi connectivity index (χ2v) is 9.03. The number of piperidine rings is 1. The second-order valence-electron chi connectivity index (χ2n) is 6.41. The van der Waals surface area contributed by atoms with Gasteiger partial charge in [-0.25, -0.2) is 13.4 Å². The summed E-state index contributed by atoms with van der Waals surface area (Å²) in [7, 11) is -2.89. The Morgan fingerprint density at radius 1 is 1.29 bits per heavy atom. The van der Waals surface area contributed by atoms with E-state index in [1.807, 2.05) is 30.3 Å². The van der Waals surface area contributed by atoms with Crippen LogP contribution < -0.4 is 5.32 Å². The van der Waals surface area contributed by atoms with E-state index in [0.29, 0.717) is 17.7 Å². The first-order valence-corrected chi connectivity index (χ1v) is 10.6. The van der Waals surface area contributed by atoms with Gasteiger partial charge in [-0.15, -0.1) is 0 Å². The van der Waals surface area contributed by atoms with Crippen LogP contribution in [0.3, 0.4) is 0 Å². The summed E-state index contributed by atoms with van der Waals surface area (Å²) >= 11 is 6.27. The zero-order chi connectivity index (χ0) is 17.2. The Bertz CT molecular complexity index is 818.